The second kappa shape index (κ2) is 10.7. The molecule has 2 aliphatic rings. The van der Waals surface area contributed by atoms with E-state index in [0.717, 1.165) is 57.9 Å². The first-order valence-electron chi connectivity index (χ1n) is 13.3. The second-order valence-corrected chi connectivity index (χ2v) is 14.6. The number of ether oxygens (including phenoxy) is 1. The number of amides is 1. The number of rotatable bonds is 7. The summed E-state index contributed by atoms with van der Waals surface area (Å²) in [6.07, 6.45) is 4.84. The van der Waals surface area contributed by atoms with Crippen LogP contribution in [0.25, 0.3) is 20.8 Å². The molecule has 2 unspecified atom stereocenters. The van der Waals surface area contributed by atoms with Crippen LogP contribution < -0.4 is 5.32 Å². The molecule has 39 heavy (non-hydrogen) atoms. The number of fused-ring (bicyclic) bond motifs is 2. The lowest BCUT2D eigenvalue weighted by Crippen LogP contribution is -2.34. The molecule has 3 heterocycles. The first-order chi connectivity index (χ1) is 18.8. The van der Waals surface area contributed by atoms with Gasteiger partial charge in [-0.25, -0.2) is 13.4 Å². The summed E-state index contributed by atoms with van der Waals surface area (Å²) in [6, 6.07) is 14.3. The van der Waals surface area contributed by atoms with Crippen molar-refractivity contribution in [3.63, 3.8) is 0 Å². The van der Waals surface area contributed by atoms with Crippen LogP contribution in [-0.4, -0.2) is 49.9 Å². The zero-order valence-electron chi connectivity index (χ0n) is 22.0. The van der Waals surface area contributed by atoms with E-state index in [-0.39, 0.29) is 16.9 Å². The number of thiophene rings is 1. The van der Waals surface area contributed by atoms with E-state index in [0.29, 0.717) is 24.6 Å². The van der Waals surface area contributed by atoms with Gasteiger partial charge < -0.3 is 10.1 Å². The van der Waals surface area contributed by atoms with Gasteiger partial charge in [0.05, 0.1) is 21.2 Å². The molecule has 1 aliphatic heterocycles. The average Bonchev–Trinajstić information content (AvgIpc) is 3.66. The Balaban J connectivity index is 1.26. The molecule has 0 bridgehead atoms. The predicted molar refractivity (Wildman–Crippen MR) is 157 cm³/mol. The normalized spacial score (nSPS) is 19.5. The molecule has 1 saturated heterocycles. The summed E-state index contributed by atoms with van der Waals surface area (Å²) in [6.45, 7) is 3.27. The van der Waals surface area contributed by atoms with Crippen molar-refractivity contribution in [2.24, 2.45) is 5.92 Å². The van der Waals surface area contributed by atoms with Crippen molar-refractivity contribution in [1.82, 2.24) is 9.29 Å². The monoisotopic (exact) mass is 581 g/mol. The summed E-state index contributed by atoms with van der Waals surface area (Å²) in [5, 5.41) is 4.88. The largest absolute Gasteiger partial charge is 0.377 e. The van der Waals surface area contributed by atoms with Crippen molar-refractivity contribution in [1.29, 1.82) is 0 Å². The zero-order valence-corrected chi connectivity index (χ0v) is 24.4. The van der Waals surface area contributed by atoms with Gasteiger partial charge in [-0.05, 0) is 80.0 Å². The van der Waals surface area contributed by atoms with Gasteiger partial charge in [-0.2, -0.15) is 4.31 Å². The molecule has 0 radical (unpaired) electrons. The Labute approximate surface area is 236 Å². The Hall–Kier alpha value is -2.63. The number of anilines is 1. The van der Waals surface area contributed by atoms with Crippen LogP contribution in [0.15, 0.2) is 53.4 Å². The number of hydrogen-bond donors (Lipinski definition) is 1. The van der Waals surface area contributed by atoms with Crippen LogP contribution in [0.1, 0.15) is 47.0 Å². The molecular weight excluding hydrogens is 551 g/mol. The van der Waals surface area contributed by atoms with E-state index in [4.69, 9.17) is 9.72 Å². The molecule has 1 N–H and O–H groups in total. The van der Waals surface area contributed by atoms with Gasteiger partial charge in [0.15, 0.2) is 0 Å². The zero-order chi connectivity index (χ0) is 27.1. The van der Waals surface area contributed by atoms with Crippen LogP contribution in [-0.2, 0) is 27.6 Å². The van der Waals surface area contributed by atoms with E-state index < -0.39 is 10.0 Å². The van der Waals surface area contributed by atoms with Gasteiger partial charge in [0, 0.05) is 36.2 Å². The summed E-state index contributed by atoms with van der Waals surface area (Å²) < 4.78 is 34.2. The highest BCUT2D eigenvalue weighted by molar-refractivity contribution is 7.89. The molecule has 4 aromatic rings. The molecule has 7 nitrogen and oxygen atoms in total. The van der Waals surface area contributed by atoms with Crippen LogP contribution in [0, 0.1) is 5.92 Å². The van der Waals surface area contributed by atoms with E-state index in [1.165, 1.54) is 26.9 Å². The molecular formula is C29H31N3O4S3. The number of nitrogens with one attached hydrogen (secondary N) is 1. The maximum absolute atomic E-state index is 13.4. The number of benzene rings is 2. The van der Waals surface area contributed by atoms with E-state index >= 15 is 0 Å². The fourth-order valence-corrected chi connectivity index (χ4v) is 9.07. The minimum atomic E-state index is -3.67. The van der Waals surface area contributed by atoms with E-state index in [1.807, 2.05) is 18.2 Å². The fourth-order valence-electron chi connectivity index (χ4n) is 5.35. The third kappa shape index (κ3) is 5.28. The van der Waals surface area contributed by atoms with Crippen molar-refractivity contribution < 1.29 is 17.9 Å². The molecule has 6 rings (SSSR count). The number of nitrogens with zero attached hydrogens (tertiary/aromatic N) is 2. The standard InChI is InChI=1S/C29H31N3O4S3/c1-18-9-14-22-25(16-18)38-29(26(22)28-30-23-7-3-4-8-24(23)37-28)31-27(33)19-10-12-21(13-11-19)39(34,35)32(2)17-20-6-5-15-36-20/h3-4,7-8,10-13,18,20H,5-6,9,14-17H2,1-2H3,(H,31,33). The van der Waals surface area contributed by atoms with Crippen molar-refractivity contribution in [2.75, 3.05) is 25.5 Å². The predicted octanol–water partition coefficient (Wildman–Crippen LogP) is 6.20. The minimum Gasteiger partial charge on any atom is -0.377 e. The maximum atomic E-state index is 13.4. The summed E-state index contributed by atoms with van der Waals surface area (Å²) in [5.41, 5.74) is 3.69. The molecule has 2 aromatic carbocycles. The topological polar surface area (TPSA) is 88.6 Å². The van der Waals surface area contributed by atoms with Crippen LogP contribution in [0.3, 0.4) is 0 Å². The highest BCUT2D eigenvalue weighted by atomic mass is 32.2. The summed E-state index contributed by atoms with van der Waals surface area (Å²) in [7, 11) is -2.10. The van der Waals surface area contributed by atoms with Crippen LogP contribution >= 0.6 is 22.7 Å². The number of carbonyl (C=O) groups is 1. The van der Waals surface area contributed by atoms with Gasteiger partial charge in [-0.3, -0.25) is 4.79 Å². The summed E-state index contributed by atoms with van der Waals surface area (Å²) >= 11 is 3.29. The number of carbonyl (C=O) groups excluding carboxylic acids is 1. The Morgan fingerprint density at radius 1 is 1.13 bits per heavy atom. The van der Waals surface area contributed by atoms with Gasteiger partial charge in [0.1, 0.15) is 10.0 Å². The molecule has 0 saturated carbocycles. The summed E-state index contributed by atoms with van der Waals surface area (Å²) in [5.74, 6) is 0.344. The molecule has 1 aliphatic carbocycles. The van der Waals surface area contributed by atoms with Crippen molar-refractivity contribution >= 4 is 53.8 Å². The third-order valence-electron chi connectivity index (χ3n) is 7.56. The maximum Gasteiger partial charge on any atom is 0.256 e. The first kappa shape index (κ1) is 26.6. The van der Waals surface area contributed by atoms with Crippen LogP contribution in [0.5, 0.6) is 0 Å². The number of para-hydroxylation sites is 1. The van der Waals surface area contributed by atoms with E-state index in [2.05, 4.69) is 18.3 Å². The van der Waals surface area contributed by atoms with Gasteiger partial charge in [0.2, 0.25) is 10.0 Å². The van der Waals surface area contributed by atoms with Crippen molar-refractivity contribution in [3.05, 3.63) is 64.5 Å². The number of thiazole rings is 1. The highest BCUT2D eigenvalue weighted by Gasteiger charge is 2.29. The fraction of sp³-hybridized carbons (Fsp3) is 0.379. The lowest BCUT2D eigenvalue weighted by molar-refractivity contribution is 0.0979. The van der Waals surface area contributed by atoms with Crippen LogP contribution in [0.4, 0.5) is 5.00 Å². The molecule has 1 amide bonds. The first-order valence-corrected chi connectivity index (χ1v) is 16.4. The van der Waals surface area contributed by atoms with Gasteiger partial charge in [-0.15, -0.1) is 22.7 Å². The van der Waals surface area contributed by atoms with E-state index in [1.54, 1.807) is 41.9 Å². The smallest absolute Gasteiger partial charge is 0.256 e. The Bertz CT molecular complexity index is 1590. The molecule has 10 heteroatoms. The van der Waals surface area contributed by atoms with Gasteiger partial charge >= 0.3 is 0 Å². The number of sulfonamides is 1. The Kier molecular flexibility index (Phi) is 7.32. The SMILES string of the molecule is CC1CCc2c(sc(NC(=O)c3ccc(S(=O)(=O)N(C)CC4CCCO4)cc3)c2-c2nc3ccccc3s2)C1. The molecule has 1 fully saturated rings. The van der Waals surface area contributed by atoms with Crippen molar-refractivity contribution in [3.8, 4) is 10.6 Å². The molecule has 0 spiro atoms. The van der Waals surface area contributed by atoms with Gasteiger partial charge in [0.25, 0.3) is 5.91 Å². The highest BCUT2D eigenvalue weighted by Crippen LogP contribution is 2.47. The minimum absolute atomic E-state index is 0.0703. The number of likely N-dealkylation sites (N-methyl/N-ethyl adjacent to an activating group) is 1. The van der Waals surface area contributed by atoms with Gasteiger partial charge in [-0.1, -0.05) is 19.1 Å². The Morgan fingerprint density at radius 3 is 2.67 bits per heavy atom. The average molecular weight is 582 g/mol. The molecule has 204 valence electrons. The lowest BCUT2D eigenvalue weighted by Gasteiger charge is -2.20. The molecule has 2 atom stereocenters. The number of hydrogen-bond acceptors (Lipinski definition) is 7. The third-order valence-corrected chi connectivity index (χ3v) is 11.6. The Morgan fingerprint density at radius 2 is 1.92 bits per heavy atom. The van der Waals surface area contributed by atoms with Crippen LogP contribution in [0.2, 0.25) is 0 Å². The second-order valence-electron chi connectivity index (χ2n) is 10.4. The summed E-state index contributed by atoms with van der Waals surface area (Å²) in [4.78, 5) is 19.8. The number of aromatic nitrogens is 1. The van der Waals surface area contributed by atoms with E-state index in [9.17, 15) is 13.2 Å². The lowest BCUT2D eigenvalue weighted by atomic mass is 9.88. The quantitative estimate of drug-likeness (QED) is 0.281. The molecule has 2 aromatic heterocycles. The van der Waals surface area contributed by atoms with Crippen molar-refractivity contribution in [2.45, 2.75) is 50.0 Å².